The van der Waals surface area contributed by atoms with Gasteiger partial charge in [-0.15, -0.1) is 0 Å². The fourth-order valence-corrected chi connectivity index (χ4v) is 6.32. The number of aryl methyl sites for hydroxylation is 4. The molecule has 0 saturated heterocycles. The molecule has 0 aliphatic heterocycles. The van der Waals surface area contributed by atoms with Crippen LogP contribution in [-0.2, 0) is 27.7 Å². The molecule has 0 saturated carbocycles. The molecule has 0 heterocycles. The number of amides is 1. The van der Waals surface area contributed by atoms with Gasteiger partial charge in [0.25, 0.3) is 10.0 Å². The fourth-order valence-electron chi connectivity index (χ4n) is 4.89. The summed E-state index contributed by atoms with van der Waals surface area (Å²) in [4.78, 5) is 13.5. The van der Waals surface area contributed by atoms with Crippen molar-refractivity contribution in [3.8, 4) is 5.75 Å². The largest absolute Gasteiger partial charge is 0.495 e. The van der Waals surface area contributed by atoms with Gasteiger partial charge in [0.1, 0.15) is 12.3 Å². The van der Waals surface area contributed by atoms with Crippen molar-refractivity contribution < 1.29 is 17.9 Å². The Morgan fingerprint density at radius 2 is 1.62 bits per heavy atom. The normalized spacial score (nSPS) is 13.9. The van der Waals surface area contributed by atoms with Gasteiger partial charge in [0.05, 0.1) is 23.7 Å². The Kier molecular flexibility index (Phi) is 8.22. The summed E-state index contributed by atoms with van der Waals surface area (Å²) < 4.78 is 34.3. The van der Waals surface area contributed by atoms with E-state index in [1.807, 2.05) is 26.8 Å². The average Bonchev–Trinajstić information content (AvgIpc) is 2.90. The summed E-state index contributed by atoms with van der Waals surface area (Å²) in [5, 5.41) is 3.09. The molecule has 1 N–H and O–H groups in total. The zero-order chi connectivity index (χ0) is 26.6. The van der Waals surface area contributed by atoms with Crippen LogP contribution in [0.1, 0.15) is 60.0 Å². The van der Waals surface area contributed by atoms with Gasteiger partial charge in [-0.05, 0) is 92.5 Å². The van der Waals surface area contributed by atoms with Crippen LogP contribution in [0.5, 0.6) is 5.75 Å². The molecule has 6 nitrogen and oxygen atoms in total. The topological polar surface area (TPSA) is 75.7 Å². The summed E-state index contributed by atoms with van der Waals surface area (Å²) in [5.41, 5.74) is 5.94. The van der Waals surface area contributed by atoms with Crippen molar-refractivity contribution in [1.82, 2.24) is 5.32 Å². The smallest absolute Gasteiger partial charge is 0.264 e. The molecule has 0 unspecified atom stereocenters. The van der Waals surface area contributed by atoms with Crippen molar-refractivity contribution in [3.63, 3.8) is 0 Å². The number of benzene rings is 3. The number of anilines is 1. The number of fused-ring (bicyclic) bond motifs is 1. The van der Waals surface area contributed by atoms with Gasteiger partial charge in [-0.3, -0.25) is 9.10 Å². The second-order valence-electron chi connectivity index (χ2n) is 9.76. The van der Waals surface area contributed by atoms with E-state index in [0.717, 1.165) is 33.8 Å². The second kappa shape index (κ2) is 11.4. The van der Waals surface area contributed by atoms with E-state index in [1.165, 1.54) is 31.1 Å². The molecule has 0 aromatic heterocycles. The predicted octanol–water partition coefficient (Wildman–Crippen LogP) is 5.65. The molecule has 1 aliphatic carbocycles. The fraction of sp³-hybridized carbons (Fsp3) is 0.367. The van der Waals surface area contributed by atoms with E-state index >= 15 is 0 Å². The Labute approximate surface area is 220 Å². The number of ether oxygens (including phenoxy) is 1. The molecule has 196 valence electrons. The van der Waals surface area contributed by atoms with Gasteiger partial charge in [-0.25, -0.2) is 8.42 Å². The maximum absolute atomic E-state index is 13.8. The standard InChI is InChI=1S/C30H36N2O4S/c1-5-27(25-14-13-23-8-6-7-9-24(23)19-25)31-30(33)20-32(28-18-22(3)12-17-29(28)36-4)37(34,35)26-15-10-21(2)11-16-26/h10-19,27H,5-9,20H2,1-4H3,(H,31,33)/t27-/m1/s1. The van der Waals surface area contributed by atoms with Crippen LogP contribution in [0.3, 0.4) is 0 Å². The second-order valence-corrected chi connectivity index (χ2v) is 11.6. The first kappa shape index (κ1) is 26.7. The highest BCUT2D eigenvalue weighted by atomic mass is 32.2. The SMILES string of the molecule is CC[C@@H](NC(=O)CN(c1cc(C)ccc1OC)S(=O)(=O)c1ccc(C)cc1)c1ccc2c(c1)CCCC2. The summed E-state index contributed by atoms with van der Waals surface area (Å²) in [6, 6.07) is 18.2. The first-order chi connectivity index (χ1) is 17.7. The molecule has 1 aliphatic rings. The lowest BCUT2D eigenvalue weighted by Crippen LogP contribution is -2.42. The summed E-state index contributed by atoms with van der Waals surface area (Å²) in [7, 11) is -2.55. The zero-order valence-corrected chi connectivity index (χ0v) is 22.9. The summed E-state index contributed by atoms with van der Waals surface area (Å²) in [6.45, 7) is 5.44. The summed E-state index contributed by atoms with van der Waals surface area (Å²) in [6.07, 6.45) is 5.26. The molecule has 4 rings (SSSR count). The van der Waals surface area contributed by atoms with E-state index in [-0.39, 0.29) is 23.4 Å². The third-order valence-corrected chi connectivity index (χ3v) is 8.79. The van der Waals surface area contributed by atoms with Crippen molar-refractivity contribution in [2.75, 3.05) is 18.0 Å². The van der Waals surface area contributed by atoms with E-state index in [2.05, 4.69) is 23.5 Å². The maximum atomic E-state index is 13.8. The van der Waals surface area contributed by atoms with Crippen molar-refractivity contribution in [2.45, 2.75) is 63.8 Å². The van der Waals surface area contributed by atoms with Crippen LogP contribution in [0.25, 0.3) is 0 Å². The lowest BCUT2D eigenvalue weighted by Gasteiger charge is -2.27. The minimum Gasteiger partial charge on any atom is -0.495 e. The number of nitrogens with one attached hydrogen (secondary N) is 1. The number of sulfonamides is 1. The number of carbonyl (C=O) groups excluding carboxylic acids is 1. The van der Waals surface area contributed by atoms with E-state index < -0.39 is 10.0 Å². The molecular formula is C30H36N2O4S. The Morgan fingerprint density at radius 1 is 0.946 bits per heavy atom. The van der Waals surface area contributed by atoms with E-state index in [0.29, 0.717) is 17.9 Å². The van der Waals surface area contributed by atoms with Crippen molar-refractivity contribution in [1.29, 1.82) is 0 Å². The maximum Gasteiger partial charge on any atom is 0.264 e. The van der Waals surface area contributed by atoms with Crippen LogP contribution in [0.15, 0.2) is 65.6 Å². The number of hydrogen-bond donors (Lipinski definition) is 1. The molecule has 3 aromatic rings. The highest BCUT2D eigenvalue weighted by Gasteiger charge is 2.30. The Morgan fingerprint density at radius 3 is 2.30 bits per heavy atom. The lowest BCUT2D eigenvalue weighted by molar-refractivity contribution is -0.120. The van der Waals surface area contributed by atoms with Gasteiger partial charge < -0.3 is 10.1 Å². The van der Waals surface area contributed by atoms with Gasteiger partial charge >= 0.3 is 0 Å². The number of rotatable bonds is 9. The van der Waals surface area contributed by atoms with E-state index in [4.69, 9.17) is 4.74 Å². The van der Waals surface area contributed by atoms with Crippen LogP contribution < -0.4 is 14.4 Å². The monoisotopic (exact) mass is 520 g/mol. The lowest BCUT2D eigenvalue weighted by atomic mass is 9.89. The van der Waals surface area contributed by atoms with Crippen LogP contribution in [-0.4, -0.2) is 28.0 Å². The molecule has 0 fully saturated rings. The van der Waals surface area contributed by atoms with Gasteiger partial charge in [-0.2, -0.15) is 0 Å². The minimum atomic E-state index is -4.04. The van der Waals surface area contributed by atoms with Gasteiger partial charge in [0.2, 0.25) is 5.91 Å². The van der Waals surface area contributed by atoms with Crippen LogP contribution in [0.2, 0.25) is 0 Å². The molecule has 37 heavy (non-hydrogen) atoms. The van der Waals surface area contributed by atoms with Crippen molar-refractivity contribution in [2.24, 2.45) is 0 Å². The highest BCUT2D eigenvalue weighted by molar-refractivity contribution is 7.92. The van der Waals surface area contributed by atoms with Crippen molar-refractivity contribution in [3.05, 3.63) is 88.5 Å². The van der Waals surface area contributed by atoms with E-state index in [9.17, 15) is 13.2 Å². The van der Waals surface area contributed by atoms with E-state index in [1.54, 1.807) is 36.4 Å². The molecule has 0 bridgehead atoms. The van der Waals surface area contributed by atoms with Crippen molar-refractivity contribution >= 4 is 21.6 Å². The molecular weight excluding hydrogens is 484 g/mol. The van der Waals surface area contributed by atoms with Gasteiger partial charge in [0.15, 0.2) is 0 Å². The Hall–Kier alpha value is -3.32. The molecule has 1 amide bonds. The molecule has 0 radical (unpaired) electrons. The highest BCUT2D eigenvalue weighted by Crippen LogP contribution is 2.34. The quantitative estimate of drug-likeness (QED) is 0.395. The van der Waals surface area contributed by atoms with Crippen LogP contribution in [0.4, 0.5) is 5.69 Å². The third-order valence-electron chi connectivity index (χ3n) is 7.02. The van der Waals surface area contributed by atoms with Gasteiger partial charge in [0, 0.05) is 0 Å². The summed E-state index contributed by atoms with van der Waals surface area (Å²) >= 11 is 0. The average molecular weight is 521 g/mol. The number of carbonyl (C=O) groups is 1. The molecule has 0 spiro atoms. The molecule has 7 heteroatoms. The number of hydrogen-bond acceptors (Lipinski definition) is 4. The summed E-state index contributed by atoms with van der Waals surface area (Å²) in [5.74, 6) is 0.0135. The number of nitrogens with zero attached hydrogens (tertiary/aromatic N) is 1. The Balaban J connectivity index is 1.65. The van der Waals surface area contributed by atoms with Gasteiger partial charge in [-0.1, -0.05) is 48.9 Å². The zero-order valence-electron chi connectivity index (χ0n) is 22.1. The molecule has 3 aromatic carbocycles. The predicted molar refractivity (Wildman–Crippen MR) is 148 cm³/mol. The minimum absolute atomic E-state index is 0.121. The first-order valence-corrected chi connectivity index (χ1v) is 14.3. The molecule has 1 atom stereocenters. The number of methoxy groups -OCH3 is 1. The van der Waals surface area contributed by atoms with Crippen LogP contribution >= 0.6 is 0 Å². The van der Waals surface area contributed by atoms with Crippen LogP contribution in [0, 0.1) is 13.8 Å². The first-order valence-electron chi connectivity index (χ1n) is 12.9. The third kappa shape index (κ3) is 5.99. The Bertz CT molecular complexity index is 1370.